The zero-order chi connectivity index (χ0) is 9.42. The van der Waals surface area contributed by atoms with Gasteiger partial charge in [0.1, 0.15) is 0 Å². The molecule has 1 atom stereocenters. The van der Waals surface area contributed by atoms with Gasteiger partial charge in [0.25, 0.3) is 0 Å². The lowest BCUT2D eigenvalue weighted by Crippen LogP contribution is -2.06. The maximum atomic E-state index is 10.7. The molecule has 1 aliphatic rings. The van der Waals surface area contributed by atoms with E-state index in [2.05, 4.69) is 0 Å². The number of carbonyl (C=O) groups is 1. The Labute approximate surface area is 76.2 Å². The van der Waals surface area contributed by atoms with E-state index in [0.29, 0.717) is 5.56 Å². The molecule has 0 spiro atoms. The highest BCUT2D eigenvalue weighted by Crippen LogP contribution is 2.29. The Kier molecular flexibility index (Phi) is 1.81. The fourth-order valence-electron chi connectivity index (χ4n) is 1.77. The minimum atomic E-state index is -0.887. The summed E-state index contributed by atoms with van der Waals surface area (Å²) >= 11 is 0. The Bertz CT molecular complexity index is 360. The van der Waals surface area contributed by atoms with Gasteiger partial charge in [-0.1, -0.05) is 6.07 Å². The number of aromatic carboxylic acids is 1. The van der Waals surface area contributed by atoms with Gasteiger partial charge in [-0.3, -0.25) is 0 Å². The smallest absolute Gasteiger partial charge is 0.335 e. The van der Waals surface area contributed by atoms with E-state index < -0.39 is 5.97 Å². The third kappa shape index (κ3) is 1.31. The summed E-state index contributed by atoms with van der Waals surface area (Å²) in [5, 5.41) is 8.76. The molecule has 68 valence electrons. The lowest BCUT2D eigenvalue weighted by molar-refractivity contribution is 0.0697. The molecule has 0 saturated heterocycles. The first-order chi connectivity index (χ1) is 6.18. The number of hydrogen-bond acceptors (Lipinski definition) is 2. The number of benzene rings is 1. The molecule has 0 fully saturated rings. The molecule has 1 unspecified atom stereocenters. The molecule has 13 heavy (non-hydrogen) atoms. The molecule has 1 aromatic rings. The highest BCUT2D eigenvalue weighted by atomic mass is 16.4. The molecule has 1 aliphatic carbocycles. The van der Waals surface area contributed by atoms with Crippen LogP contribution in [0, 0.1) is 0 Å². The van der Waals surface area contributed by atoms with Gasteiger partial charge in [0.2, 0.25) is 0 Å². The number of carboxylic acids is 1. The van der Waals surface area contributed by atoms with E-state index in [-0.39, 0.29) is 6.04 Å². The molecule has 3 nitrogen and oxygen atoms in total. The van der Waals surface area contributed by atoms with Crippen molar-refractivity contribution in [3.8, 4) is 0 Å². The zero-order valence-corrected chi connectivity index (χ0v) is 7.16. The van der Waals surface area contributed by atoms with Crippen molar-refractivity contribution in [3.05, 3.63) is 34.9 Å². The van der Waals surface area contributed by atoms with Crippen LogP contribution in [0.2, 0.25) is 0 Å². The average Bonchev–Trinajstić information content (AvgIpc) is 2.47. The van der Waals surface area contributed by atoms with E-state index in [1.807, 2.05) is 6.07 Å². The maximum absolute atomic E-state index is 10.7. The Morgan fingerprint density at radius 2 is 2.31 bits per heavy atom. The van der Waals surface area contributed by atoms with E-state index in [0.717, 1.165) is 18.4 Å². The Balaban J connectivity index is 2.47. The monoisotopic (exact) mass is 177 g/mol. The molecular formula is C10H11NO2. The van der Waals surface area contributed by atoms with Crippen LogP contribution in [0.25, 0.3) is 0 Å². The van der Waals surface area contributed by atoms with Crippen molar-refractivity contribution >= 4 is 5.97 Å². The van der Waals surface area contributed by atoms with E-state index in [4.69, 9.17) is 10.8 Å². The first-order valence-corrected chi connectivity index (χ1v) is 4.30. The van der Waals surface area contributed by atoms with Crippen molar-refractivity contribution in [2.24, 2.45) is 5.73 Å². The fourth-order valence-corrected chi connectivity index (χ4v) is 1.77. The highest BCUT2D eigenvalue weighted by molar-refractivity contribution is 5.88. The van der Waals surface area contributed by atoms with Crippen molar-refractivity contribution < 1.29 is 9.90 Å². The van der Waals surface area contributed by atoms with E-state index in [9.17, 15) is 4.79 Å². The summed E-state index contributed by atoms with van der Waals surface area (Å²) in [6, 6.07) is 5.22. The van der Waals surface area contributed by atoms with Crippen LogP contribution in [0.5, 0.6) is 0 Å². The first-order valence-electron chi connectivity index (χ1n) is 4.30. The van der Waals surface area contributed by atoms with Gasteiger partial charge in [0.15, 0.2) is 0 Å². The Hall–Kier alpha value is -1.35. The molecule has 0 heterocycles. The molecule has 0 amide bonds. The van der Waals surface area contributed by atoms with Crippen molar-refractivity contribution in [2.45, 2.75) is 18.9 Å². The second-order valence-electron chi connectivity index (χ2n) is 3.36. The van der Waals surface area contributed by atoms with Gasteiger partial charge in [-0.15, -0.1) is 0 Å². The predicted octanol–water partition coefficient (Wildman–Crippen LogP) is 1.33. The summed E-state index contributed by atoms with van der Waals surface area (Å²) in [6.45, 7) is 0. The largest absolute Gasteiger partial charge is 0.478 e. The van der Waals surface area contributed by atoms with Gasteiger partial charge < -0.3 is 10.8 Å². The van der Waals surface area contributed by atoms with Crippen molar-refractivity contribution in [1.82, 2.24) is 0 Å². The topological polar surface area (TPSA) is 63.3 Å². The van der Waals surface area contributed by atoms with Crippen LogP contribution in [0.4, 0.5) is 0 Å². The summed E-state index contributed by atoms with van der Waals surface area (Å²) < 4.78 is 0. The summed E-state index contributed by atoms with van der Waals surface area (Å²) in [5.74, 6) is -0.887. The molecule has 3 N–H and O–H groups in total. The second kappa shape index (κ2) is 2.85. The third-order valence-electron chi connectivity index (χ3n) is 2.52. The summed E-state index contributed by atoms with van der Waals surface area (Å²) in [7, 11) is 0. The van der Waals surface area contributed by atoms with Crippen molar-refractivity contribution in [1.29, 1.82) is 0 Å². The van der Waals surface area contributed by atoms with Crippen LogP contribution in [0.15, 0.2) is 18.2 Å². The number of nitrogens with two attached hydrogens (primary N) is 1. The first kappa shape index (κ1) is 8.26. The van der Waals surface area contributed by atoms with Gasteiger partial charge in [-0.25, -0.2) is 4.79 Å². The van der Waals surface area contributed by atoms with Crippen LogP contribution in [0.1, 0.15) is 33.9 Å². The molecule has 2 rings (SSSR count). The molecule has 3 heteroatoms. The van der Waals surface area contributed by atoms with Gasteiger partial charge in [-0.2, -0.15) is 0 Å². The Morgan fingerprint density at radius 1 is 1.54 bits per heavy atom. The van der Waals surface area contributed by atoms with Gasteiger partial charge in [0.05, 0.1) is 5.56 Å². The number of carboxylic acid groups (broad SMARTS) is 1. The lowest BCUT2D eigenvalue weighted by atomic mass is 10.0. The van der Waals surface area contributed by atoms with Crippen LogP contribution >= 0.6 is 0 Å². The van der Waals surface area contributed by atoms with E-state index in [1.54, 1.807) is 12.1 Å². The maximum Gasteiger partial charge on any atom is 0.335 e. The zero-order valence-electron chi connectivity index (χ0n) is 7.16. The van der Waals surface area contributed by atoms with Crippen molar-refractivity contribution in [3.63, 3.8) is 0 Å². The van der Waals surface area contributed by atoms with Crippen LogP contribution in [-0.4, -0.2) is 11.1 Å². The fraction of sp³-hybridized carbons (Fsp3) is 0.300. The predicted molar refractivity (Wildman–Crippen MR) is 48.7 cm³/mol. The van der Waals surface area contributed by atoms with Crippen LogP contribution < -0.4 is 5.73 Å². The van der Waals surface area contributed by atoms with Gasteiger partial charge >= 0.3 is 5.97 Å². The lowest BCUT2D eigenvalue weighted by Gasteiger charge is -2.04. The van der Waals surface area contributed by atoms with Crippen molar-refractivity contribution in [2.75, 3.05) is 0 Å². The minimum Gasteiger partial charge on any atom is -0.478 e. The number of aryl methyl sites for hydroxylation is 1. The van der Waals surface area contributed by atoms with Gasteiger partial charge in [0, 0.05) is 6.04 Å². The normalized spacial score (nSPS) is 19.9. The van der Waals surface area contributed by atoms with Crippen LogP contribution in [0.3, 0.4) is 0 Å². The van der Waals surface area contributed by atoms with Crippen LogP contribution in [-0.2, 0) is 6.42 Å². The molecule has 0 radical (unpaired) electrons. The summed E-state index contributed by atoms with van der Waals surface area (Å²) in [6.07, 6.45) is 1.90. The van der Waals surface area contributed by atoms with E-state index in [1.165, 1.54) is 5.56 Å². The number of fused-ring (bicyclic) bond motifs is 1. The van der Waals surface area contributed by atoms with Gasteiger partial charge in [-0.05, 0) is 36.1 Å². The third-order valence-corrected chi connectivity index (χ3v) is 2.52. The number of hydrogen-bond donors (Lipinski definition) is 2. The molecule has 0 saturated carbocycles. The molecule has 0 bridgehead atoms. The highest BCUT2D eigenvalue weighted by Gasteiger charge is 2.19. The molecule has 0 aromatic heterocycles. The molecule has 1 aromatic carbocycles. The summed E-state index contributed by atoms with van der Waals surface area (Å²) in [5.41, 5.74) is 8.34. The average molecular weight is 177 g/mol. The number of rotatable bonds is 1. The molecular weight excluding hydrogens is 166 g/mol. The second-order valence-corrected chi connectivity index (χ2v) is 3.36. The van der Waals surface area contributed by atoms with E-state index >= 15 is 0 Å². The quantitative estimate of drug-likeness (QED) is 0.680. The Morgan fingerprint density at radius 3 is 3.00 bits per heavy atom. The standard InChI is InChI=1S/C10H11NO2/c11-9-4-3-6-1-2-7(10(12)13)5-8(6)9/h1-2,5,9H,3-4,11H2,(H,12,13). The minimum absolute atomic E-state index is 0.0225. The summed E-state index contributed by atoms with van der Waals surface area (Å²) in [4.78, 5) is 10.7. The SMILES string of the molecule is NC1CCc2ccc(C(=O)O)cc21. The molecule has 0 aliphatic heterocycles.